The predicted octanol–water partition coefficient (Wildman–Crippen LogP) is 1.05. The molecule has 1 amide bonds. The van der Waals surface area contributed by atoms with Gasteiger partial charge in [0.25, 0.3) is 0 Å². The normalized spacial score (nSPS) is 15.7. The average Bonchev–Trinajstić information content (AvgIpc) is 3.07. The van der Waals surface area contributed by atoms with Crippen molar-refractivity contribution in [2.75, 3.05) is 18.0 Å². The van der Waals surface area contributed by atoms with Gasteiger partial charge in [0.2, 0.25) is 11.9 Å². The summed E-state index contributed by atoms with van der Waals surface area (Å²) in [5.74, 6) is 0.879. The highest BCUT2D eigenvalue weighted by Gasteiger charge is 2.23. The topological polar surface area (TPSA) is 72.2 Å². The van der Waals surface area contributed by atoms with Crippen LogP contribution < -0.4 is 15.1 Å². The first kappa shape index (κ1) is 16.8. The van der Waals surface area contributed by atoms with E-state index in [1.54, 1.807) is 10.8 Å². The minimum atomic E-state index is -0.0894. The number of nitrogens with zero attached hydrogens (tertiary/aromatic N) is 4. The second-order valence-corrected chi connectivity index (χ2v) is 7.43. The smallest absolute Gasteiger partial charge is 0.308 e. The zero-order chi connectivity index (χ0) is 17.3. The first-order valence-electron chi connectivity index (χ1n) is 8.14. The highest BCUT2D eigenvalue weighted by molar-refractivity contribution is 7.09. The molecule has 2 aromatic heterocycles. The summed E-state index contributed by atoms with van der Waals surface area (Å²) in [6.45, 7) is 5.63. The molecule has 2 aromatic rings. The summed E-state index contributed by atoms with van der Waals surface area (Å²) in [5, 5.41) is 3.06. The van der Waals surface area contributed by atoms with Gasteiger partial charge < -0.3 is 14.8 Å². The summed E-state index contributed by atoms with van der Waals surface area (Å²) >= 11 is 1.20. The summed E-state index contributed by atoms with van der Waals surface area (Å²) in [7, 11) is 1.99. The van der Waals surface area contributed by atoms with Gasteiger partial charge in [-0.1, -0.05) is 11.3 Å². The number of hydrogen-bond donors (Lipinski definition) is 1. The van der Waals surface area contributed by atoms with Crippen molar-refractivity contribution in [1.82, 2.24) is 19.4 Å². The van der Waals surface area contributed by atoms with E-state index in [2.05, 4.69) is 15.2 Å². The second-order valence-electron chi connectivity index (χ2n) is 6.26. The second kappa shape index (κ2) is 6.80. The zero-order valence-electron chi connectivity index (χ0n) is 14.3. The highest BCUT2D eigenvalue weighted by atomic mass is 32.1. The molecule has 7 nitrogen and oxygen atoms in total. The SMILES string of the molecule is Cc1sc(=O)n(CC(=O)NC2CCN(c3nccn3C)CC2)c1C. The molecular formula is C16H23N5O2S. The van der Waals surface area contributed by atoms with Crippen LogP contribution in [0.2, 0.25) is 0 Å². The summed E-state index contributed by atoms with van der Waals surface area (Å²) < 4.78 is 3.56. The molecule has 1 N–H and O–H groups in total. The van der Waals surface area contributed by atoms with Crippen LogP contribution >= 0.6 is 11.3 Å². The standard InChI is InChI=1S/C16H23N5O2S/c1-11-12(2)24-16(23)21(11)10-14(22)18-13-4-7-20(8-5-13)15-17-6-9-19(15)3/h6,9,13H,4-5,7-8,10H2,1-3H3,(H,18,22). The third-order valence-electron chi connectivity index (χ3n) is 4.62. The molecule has 0 unspecified atom stereocenters. The van der Waals surface area contributed by atoms with Crippen LogP contribution in [0.25, 0.3) is 0 Å². The quantitative estimate of drug-likeness (QED) is 0.895. The Labute approximate surface area is 144 Å². The Kier molecular flexibility index (Phi) is 4.75. The molecule has 3 rings (SSSR count). The molecule has 0 saturated carbocycles. The van der Waals surface area contributed by atoms with Gasteiger partial charge in [-0.05, 0) is 26.7 Å². The van der Waals surface area contributed by atoms with Crippen molar-refractivity contribution in [3.05, 3.63) is 32.6 Å². The van der Waals surface area contributed by atoms with E-state index in [-0.39, 0.29) is 23.4 Å². The number of aryl methyl sites for hydroxylation is 2. The van der Waals surface area contributed by atoms with Crippen LogP contribution in [-0.4, -0.2) is 39.2 Å². The van der Waals surface area contributed by atoms with Crippen LogP contribution in [0.15, 0.2) is 17.2 Å². The molecule has 0 radical (unpaired) electrons. The van der Waals surface area contributed by atoms with Crippen molar-refractivity contribution in [3.63, 3.8) is 0 Å². The van der Waals surface area contributed by atoms with Crippen LogP contribution in [0.1, 0.15) is 23.4 Å². The number of hydrogen-bond acceptors (Lipinski definition) is 5. The molecule has 0 aromatic carbocycles. The molecule has 0 aliphatic carbocycles. The minimum absolute atomic E-state index is 0.0650. The number of rotatable bonds is 4. The van der Waals surface area contributed by atoms with Crippen molar-refractivity contribution in [1.29, 1.82) is 0 Å². The van der Waals surface area contributed by atoms with E-state index < -0.39 is 0 Å². The maximum atomic E-state index is 12.3. The number of nitrogens with one attached hydrogen (secondary N) is 1. The number of amides is 1. The Morgan fingerprint density at radius 3 is 2.62 bits per heavy atom. The number of piperidine rings is 1. The van der Waals surface area contributed by atoms with Crippen LogP contribution in [0, 0.1) is 13.8 Å². The zero-order valence-corrected chi connectivity index (χ0v) is 15.1. The number of carbonyl (C=O) groups excluding carboxylic acids is 1. The number of imidazole rings is 1. The summed E-state index contributed by atoms with van der Waals surface area (Å²) in [6.07, 6.45) is 5.50. The molecule has 1 aliphatic heterocycles. The molecule has 3 heterocycles. The fourth-order valence-corrected chi connectivity index (χ4v) is 3.90. The lowest BCUT2D eigenvalue weighted by atomic mass is 10.1. The van der Waals surface area contributed by atoms with E-state index in [4.69, 9.17) is 0 Å². The van der Waals surface area contributed by atoms with Crippen molar-refractivity contribution in [2.45, 2.75) is 39.3 Å². The molecule has 0 atom stereocenters. The molecule has 0 spiro atoms. The van der Waals surface area contributed by atoms with Crippen molar-refractivity contribution < 1.29 is 4.79 Å². The van der Waals surface area contributed by atoms with Crippen LogP contribution in [0.4, 0.5) is 5.95 Å². The van der Waals surface area contributed by atoms with E-state index in [0.29, 0.717) is 0 Å². The Hall–Kier alpha value is -2.09. The van der Waals surface area contributed by atoms with E-state index in [9.17, 15) is 9.59 Å². The average molecular weight is 349 g/mol. The van der Waals surface area contributed by atoms with Crippen molar-refractivity contribution >= 4 is 23.2 Å². The van der Waals surface area contributed by atoms with E-state index in [0.717, 1.165) is 42.5 Å². The van der Waals surface area contributed by atoms with Crippen LogP contribution in [-0.2, 0) is 18.4 Å². The fraction of sp³-hybridized carbons (Fsp3) is 0.562. The monoisotopic (exact) mass is 349 g/mol. The van der Waals surface area contributed by atoms with Gasteiger partial charge in [-0.25, -0.2) is 4.98 Å². The molecule has 1 fully saturated rings. The van der Waals surface area contributed by atoms with Gasteiger partial charge in [-0.15, -0.1) is 0 Å². The molecule has 130 valence electrons. The van der Waals surface area contributed by atoms with Crippen LogP contribution in [0.3, 0.4) is 0 Å². The number of thiazole rings is 1. The minimum Gasteiger partial charge on any atom is -0.352 e. The Balaban J connectivity index is 1.53. The molecular weight excluding hydrogens is 326 g/mol. The van der Waals surface area contributed by atoms with Crippen LogP contribution in [0.5, 0.6) is 0 Å². The number of carbonyl (C=O) groups is 1. The molecule has 1 saturated heterocycles. The lowest BCUT2D eigenvalue weighted by Gasteiger charge is -2.33. The van der Waals surface area contributed by atoms with Gasteiger partial charge >= 0.3 is 4.87 Å². The van der Waals surface area contributed by atoms with Gasteiger partial charge in [0.15, 0.2) is 0 Å². The van der Waals surface area contributed by atoms with Crippen molar-refractivity contribution in [3.8, 4) is 0 Å². The van der Waals surface area contributed by atoms with E-state index >= 15 is 0 Å². The van der Waals surface area contributed by atoms with E-state index in [1.807, 2.05) is 31.7 Å². The van der Waals surface area contributed by atoms with Gasteiger partial charge in [0.05, 0.1) is 0 Å². The first-order chi connectivity index (χ1) is 11.5. The third-order valence-corrected chi connectivity index (χ3v) is 5.61. The number of anilines is 1. The fourth-order valence-electron chi connectivity index (χ4n) is 3.07. The largest absolute Gasteiger partial charge is 0.352 e. The van der Waals surface area contributed by atoms with Gasteiger partial charge in [0.1, 0.15) is 6.54 Å². The Bertz CT molecular complexity index is 783. The molecule has 0 bridgehead atoms. The lowest BCUT2D eigenvalue weighted by Crippen LogP contribution is -2.46. The molecule has 1 aliphatic rings. The third kappa shape index (κ3) is 3.38. The predicted molar refractivity (Wildman–Crippen MR) is 94.6 cm³/mol. The van der Waals surface area contributed by atoms with E-state index in [1.165, 1.54) is 11.3 Å². The Morgan fingerprint density at radius 1 is 1.38 bits per heavy atom. The lowest BCUT2D eigenvalue weighted by molar-refractivity contribution is -0.122. The van der Waals surface area contributed by atoms with Gasteiger partial charge in [0, 0.05) is 49.1 Å². The maximum Gasteiger partial charge on any atom is 0.308 e. The van der Waals surface area contributed by atoms with Gasteiger partial charge in [-0.3, -0.25) is 14.2 Å². The number of aromatic nitrogens is 3. The Morgan fingerprint density at radius 2 is 2.08 bits per heavy atom. The molecule has 8 heteroatoms. The van der Waals surface area contributed by atoms with Gasteiger partial charge in [-0.2, -0.15) is 0 Å². The molecule has 24 heavy (non-hydrogen) atoms. The highest BCUT2D eigenvalue weighted by Crippen LogP contribution is 2.17. The summed E-state index contributed by atoms with van der Waals surface area (Å²) in [4.78, 5) is 31.6. The maximum absolute atomic E-state index is 12.3. The summed E-state index contributed by atoms with van der Waals surface area (Å²) in [6, 6.07) is 0.157. The first-order valence-corrected chi connectivity index (χ1v) is 8.96. The van der Waals surface area contributed by atoms with Crippen molar-refractivity contribution in [2.24, 2.45) is 7.05 Å². The summed E-state index contributed by atoms with van der Waals surface area (Å²) in [5.41, 5.74) is 0.879.